The Kier molecular flexibility index (Phi) is 4.67. The van der Waals surface area contributed by atoms with Crippen LogP contribution < -0.4 is 10.4 Å². The molecule has 1 heterocycles. The topological polar surface area (TPSA) is 61.9 Å². The van der Waals surface area contributed by atoms with Gasteiger partial charge in [0, 0.05) is 12.6 Å². The third kappa shape index (κ3) is 3.26. The summed E-state index contributed by atoms with van der Waals surface area (Å²) >= 11 is 6.24. The van der Waals surface area contributed by atoms with Gasteiger partial charge in [-0.15, -0.1) is 0 Å². The summed E-state index contributed by atoms with van der Waals surface area (Å²) in [6.45, 7) is 8.29. The maximum absolute atomic E-state index is 12.2. The smallest absolute Gasteiger partial charge is 0.368 e. The predicted molar refractivity (Wildman–Crippen MR) is 81.4 cm³/mol. The second-order valence-corrected chi connectivity index (χ2v) is 5.54. The first-order valence-electron chi connectivity index (χ1n) is 6.94. The molecule has 0 bridgehead atoms. The Labute approximate surface area is 128 Å². The van der Waals surface area contributed by atoms with E-state index in [0.29, 0.717) is 23.0 Å². The lowest BCUT2D eigenvalue weighted by Crippen LogP contribution is -2.24. The van der Waals surface area contributed by atoms with Gasteiger partial charge in [0.25, 0.3) is 0 Å². The van der Waals surface area contributed by atoms with E-state index in [4.69, 9.17) is 16.3 Å². The van der Waals surface area contributed by atoms with Crippen LogP contribution in [0.3, 0.4) is 0 Å². The molecule has 0 aliphatic carbocycles. The first-order valence-corrected chi connectivity index (χ1v) is 7.31. The maximum atomic E-state index is 12.2. The van der Waals surface area contributed by atoms with Gasteiger partial charge < -0.3 is 4.74 Å². The van der Waals surface area contributed by atoms with Crippen LogP contribution in [0.25, 0.3) is 5.69 Å². The molecule has 0 spiro atoms. The van der Waals surface area contributed by atoms with Crippen LogP contribution in [-0.4, -0.2) is 25.9 Å². The molecular weight excluding hydrogens is 292 g/mol. The summed E-state index contributed by atoms with van der Waals surface area (Å²) in [5.41, 5.74) is 1.08. The van der Waals surface area contributed by atoms with Crippen molar-refractivity contribution in [1.82, 2.24) is 19.8 Å². The fourth-order valence-electron chi connectivity index (χ4n) is 1.96. The standard InChI is InChI=1S/C14H19ClN4O2/c1-5-6-18-14(20)19(17-16-18)12-8-13(21-9(2)3)10(4)7-11(12)15/h7-9H,5-6H2,1-4H3. The Morgan fingerprint density at radius 3 is 2.67 bits per heavy atom. The Morgan fingerprint density at radius 1 is 1.33 bits per heavy atom. The van der Waals surface area contributed by atoms with Crippen LogP contribution in [0.15, 0.2) is 16.9 Å². The molecule has 0 fully saturated rings. The molecule has 2 rings (SSSR count). The molecule has 0 saturated heterocycles. The van der Waals surface area contributed by atoms with E-state index >= 15 is 0 Å². The monoisotopic (exact) mass is 310 g/mol. The average molecular weight is 311 g/mol. The summed E-state index contributed by atoms with van der Waals surface area (Å²) in [6, 6.07) is 3.49. The van der Waals surface area contributed by atoms with Crippen LogP contribution in [0.2, 0.25) is 5.02 Å². The third-order valence-corrected chi connectivity index (χ3v) is 3.21. The van der Waals surface area contributed by atoms with Crippen LogP contribution in [0, 0.1) is 6.92 Å². The molecule has 0 saturated carbocycles. The van der Waals surface area contributed by atoms with Gasteiger partial charge in [-0.2, -0.15) is 9.36 Å². The fraction of sp³-hybridized carbons (Fsp3) is 0.500. The molecule has 1 aromatic carbocycles. The highest BCUT2D eigenvalue weighted by molar-refractivity contribution is 6.32. The molecule has 7 heteroatoms. The highest BCUT2D eigenvalue weighted by atomic mass is 35.5. The van der Waals surface area contributed by atoms with Crippen molar-refractivity contribution in [3.05, 3.63) is 33.2 Å². The van der Waals surface area contributed by atoms with Crippen molar-refractivity contribution in [3.63, 3.8) is 0 Å². The Hall–Kier alpha value is -1.82. The van der Waals surface area contributed by atoms with E-state index in [1.165, 1.54) is 9.36 Å². The Morgan fingerprint density at radius 2 is 2.05 bits per heavy atom. The number of aromatic nitrogens is 4. The number of nitrogens with zero attached hydrogens (tertiary/aromatic N) is 4. The van der Waals surface area contributed by atoms with E-state index in [2.05, 4.69) is 10.4 Å². The summed E-state index contributed by atoms with van der Waals surface area (Å²) in [5.74, 6) is 0.682. The molecule has 0 radical (unpaired) electrons. The minimum Gasteiger partial charge on any atom is -0.491 e. The molecule has 21 heavy (non-hydrogen) atoms. The number of rotatable bonds is 5. The van der Waals surface area contributed by atoms with Gasteiger partial charge in [-0.25, -0.2) is 4.79 Å². The number of halogens is 1. The first-order chi connectivity index (χ1) is 9.93. The van der Waals surface area contributed by atoms with Gasteiger partial charge in [0.1, 0.15) is 5.75 Å². The second-order valence-electron chi connectivity index (χ2n) is 5.13. The Bertz CT molecular complexity index is 691. The Balaban J connectivity index is 2.51. The number of benzene rings is 1. The molecule has 2 aromatic rings. The summed E-state index contributed by atoms with van der Waals surface area (Å²) in [6.07, 6.45) is 0.840. The van der Waals surface area contributed by atoms with Gasteiger partial charge in [-0.1, -0.05) is 18.5 Å². The van der Waals surface area contributed by atoms with Crippen molar-refractivity contribution in [1.29, 1.82) is 0 Å². The van der Waals surface area contributed by atoms with Gasteiger partial charge in [0.15, 0.2) is 0 Å². The van der Waals surface area contributed by atoms with E-state index in [0.717, 1.165) is 12.0 Å². The predicted octanol–water partition coefficient (Wildman–Crippen LogP) is 2.59. The highest BCUT2D eigenvalue weighted by Crippen LogP contribution is 2.28. The zero-order chi connectivity index (χ0) is 15.6. The summed E-state index contributed by atoms with van der Waals surface area (Å²) in [7, 11) is 0. The van der Waals surface area contributed by atoms with Crippen molar-refractivity contribution in [2.75, 3.05) is 0 Å². The minimum absolute atomic E-state index is 0.0326. The summed E-state index contributed by atoms with van der Waals surface area (Å²) in [4.78, 5) is 12.2. The number of hydrogen-bond donors (Lipinski definition) is 0. The molecule has 0 aliphatic rings. The van der Waals surface area contributed by atoms with Gasteiger partial charge in [-0.3, -0.25) is 0 Å². The van der Waals surface area contributed by atoms with E-state index in [-0.39, 0.29) is 11.8 Å². The van der Waals surface area contributed by atoms with Gasteiger partial charge in [0.2, 0.25) is 0 Å². The van der Waals surface area contributed by atoms with E-state index in [9.17, 15) is 4.79 Å². The minimum atomic E-state index is -0.307. The molecule has 6 nitrogen and oxygen atoms in total. The van der Waals surface area contributed by atoms with Crippen molar-refractivity contribution in [2.24, 2.45) is 0 Å². The van der Waals surface area contributed by atoms with Crippen LogP contribution in [0.4, 0.5) is 0 Å². The van der Waals surface area contributed by atoms with E-state index in [1.807, 2.05) is 27.7 Å². The second kappa shape index (κ2) is 6.30. The lowest BCUT2D eigenvalue weighted by molar-refractivity contribution is 0.240. The van der Waals surface area contributed by atoms with Crippen LogP contribution in [0.5, 0.6) is 5.75 Å². The van der Waals surface area contributed by atoms with E-state index in [1.54, 1.807) is 12.1 Å². The number of hydrogen-bond acceptors (Lipinski definition) is 4. The highest BCUT2D eigenvalue weighted by Gasteiger charge is 2.15. The number of ether oxygens (including phenoxy) is 1. The lowest BCUT2D eigenvalue weighted by Gasteiger charge is -2.14. The zero-order valence-electron chi connectivity index (χ0n) is 12.6. The average Bonchev–Trinajstić information content (AvgIpc) is 2.75. The van der Waals surface area contributed by atoms with Crippen molar-refractivity contribution in [2.45, 2.75) is 46.8 Å². The summed E-state index contributed by atoms with van der Waals surface area (Å²) < 4.78 is 8.24. The van der Waals surface area contributed by atoms with Gasteiger partial charge >= 0.3 is 5.69 Å². The largest absolute Gasteiger partial charge is 0.491 e. The SMILES string of the molecule is CCCn1nnn(-c2cc(OC(C)C)c(C)cc2Cl)c1=O. The number of tetrazole rings is 1. The molecule has 0 atom stereocenters. The van der Waals surface area contributed by atoms with Crippen molar-refractivity contribution >= 4 is 11.6 Å². The molecule has 0 aliphatic heterocycles. The summed E-state index contributed by atoms with van der Waals surface area (Å²) in [5, 5.41) is 8.19. The molecule has 0 amide bonds. The first kappa shape index (κ1) is 15.6. The van der Waals surface area contributed by atoms with Crippen molar-refractivity contribution < 1.29 is 4.74 Å². The molecule has 114 valence electrons. The van der Waals surface area contributed by atoms with Crippen molar-refractivity contribution in [3.8, 4) is 11.4 Å². The van der Waals surface area contributed by atoms with E-state index < -0.39 is 0 Å². The zero-order valence-corrected chi connectivity index (χ0v) is 13.4. The quantitative estimate of drug-likeness (QED) is 0.851. The van der Waals surface area contributed by atoms with Crippen LogP contribution in [-0.2, 0) is 6.54 Å². The van der Waals surface area contributed by atoms with Gasteiger partial charge in [-0.05, 0) is 49.2 Å². The normalized spacial score (nSPS) is 11.1. The third-order valence-electron chi connectivity index (χ3n) is 2.91. The molecular formula is C14H19ClN4O2. The number of aryl methyl sites for hydroxylation is 2. The van der Waals surface area contributed by atoms with Crippen LogP contribution >= 0.6 is 11.6 Å². The molecule has 0 unspecified atom stereocenters. The fourth-order valence-corrected chi connectivity index (χ4v) is 2.26. The van der Waals surface area contributed by atoms with Crippen LogP contribution in [0.1, 0.15) is 32.8 Å². The molecule has 0 N–H and O–H groups in total. The lowest BCUT2D eigenvalue weighted by atomic mass is 10.2. The maximum Gasteiger partial charge on any atom is 0.368 e. The van der Waals surface area contributed by atoms with Gasteiger partial charge in [0.05, 0.1) is 16.8 Å². The molecule has 1 aromatic heterocycles.